The lowest BCUT2D eigenvalue weighted by molar-refractivity contribution is -0.132. The lowest BCUT2D eigenvalue weighted by atomic mass is 10.1. The van der Waals surface area contributed by atoms with E-state index in [1.807, 2.05) is 31.3 Å². The summed E-state index contributed by atoms with van der Waals surface area (Å²) in [4.78, 5) is 14.2. The summed E-state index contributed by atoms with van der Waals surface area (Å²) in [5.41, 5.74) is 7.47. The third-order valence-electron chi connectivity index (χ3n) is 3.48. The number of ether oxygens (including phenoxy) is 1. The molecule has 0 radical (unpaired) electrons. The first-order chi connectivity index (χ1) is 9.56. The molecule has 0 bridgehead atoms. The van der Waals surface area contributed by atoms with Gasteiger partial charge in [0, 0.05) is 25.8 Å². The molecule has 1 amide bonds. The summed E-state index contributed by atoms with van der Waals surface area (Å²) in [6.07, 6.45) is 2.59. The molecule has 1 saturated heterocycles. The lowest BCUT2D eigenvalue weighted by Crippen LogP contribution is -2.29. The van der Waals surface area contributed by atoms with E-state index in [9.17, 15) is 4.79 Å². The van der Waals surface area contributed by atoms with Gasteiger partial charge in [-0.15, -0.1) is 0 Å². The minimum atomic E-state index is 0.0907. The SMILES string of the molecule is CN(Cc1cccc(C(N)=S)c1)C(=O)CC1CCCO1. The minimum absolute atomic E-state index is 0.0907. The standard InChI is InChI=1S/C15H20N2O2S/c1-17(14(18)9-13-6-3-7-19-13)10-11-4-2-5-12(8-11)15(16)20/h2,4-5,8,13H,3,6-7,9-10H2,1H3,(H2,16,20). The van der Waals surface area contributed by atoms with E-state index in [2.05, 4.69) is 0 Å². The van der Waals surface area contributed by atoms with E-state index in [0.29, 0.717) is 18.0 Å². The number of hydrogen-bond donors (Lipinski definition) is 1. The maximum atomic E-state index is 12.1. The molecule has 1 aliphatic rings. The number of carbonyl (C=O) groups is 1. The summed E-state index contributed by atoms with van der Waals surface area (Å²) in [6, 6.07) is 7.68. The van der Waals surface area contributed by atoms with Gasteiger partial charge in [-0.3, -0.25) is 4.79 Å². The van der Waals surface area contributed by atoms with Gasteiger partial charge in [0.15, 0.2) is 0 Å². The van der Waals surface area contributed by atoms with Gasteiger partial charge in [-0.25, -0.2) is 0 Å². The first-order valence-electron chi connectivity index (χ1n) is 6.80. The van der Waals surface area contributed by atoms with Crippen molar-refractivity contribution in [1.29, 1.82) is 0 Å². The molecule has 1 aliphatic heterocycles. The summed E-state index contributed by atoms with van der Waals surface area (Å²) in [5.74, 6) is 0.109. The largest absolute Gasteiger partial charge is 0.389 e. The fourth-order valence-electron chi connectivity index (χ4n) is 2.34. The first-order valence-corrected chi connectivity index (χ1v) is 7.21. The summed E-state index contributed by atoms with van der Waals surface area (Å²) in [6.45, 7) is 1.33. The van der Waals surface area contributed by atoms with Crippen LogP contribution in [0.25, 0.3) is 0 Å². The van der Waals surface area contributed by atoms with Crippen molar-refractivity contribution in [1.82, 2.24) is 4.90 Å². The Morgan fingerprint density at radius 2 is 2.35 bits per heavy atom. The number of carbonyl (C=O) groups excluding carboxylic acids is 1. The second-order valence-corrected chi connectivity index (χ2v) is 5.59. The van der Waals surface area contributed by atoms with Crippen molar-refractivity contribution in [2.24, 2.45) is 5.73 Å². The van der Waals surface area contributed by atoms with Crippen LogP contribution in [-0.4, -0.2) is 35.6 Å². The average Bonchev–Trinajstić information content (AvgIpc) is 2.91. The van der Waals surface area contributed by atoms with Gasteiger partial charge in [0.05, 0.1) is 12.5 Å². The van der Waals surface area contributed by atoms with E-state index in [1.165, 1.54) is 0 Å². The van der Waals surface area contributed by atoms with Crippen LogP contribution in [0.1, 0.15) is 30.4 Å². The quantitative estimate of drug-likeness (QED) is 0.842. The number of benzene rings is 1. The van der Waals surface area contributed by atoms with Crippen molar-refractivity contribution in [3.8, 4) is 0 Å². The van der Waals surface area contributed by atoms with Crippen molar-refractivity contribution < 1.29 is 9.53 Å². The Bertz CT molecular complexity index is 498. The molecule has 0 saturated carbocycles. The monoisotopic (exact) mass is 292 g/mol. The van der Waals surface area contributed by atoms with Crippen LogP contribution in [0.15, 0.2) is 24.3 Å². The van der Waals surface area contributed by atoms with Crippen LogP contribution in [0.4, 0.5) is 0 Å². The molecule has 20 heavy (non-hydrogen) atoms. The van der Waals surface area contributed by atoms with Gasteiger partial charge >= 0.3 is 0 Å². The van der Waals surface area contributed by atoms with Gasteiger partial charge < -0.3 is 15.4 Å². The Hall–Kier alpha value is -1.46. The van der Waals surface area contributed by atoms with Crippen molar-refractivity contribution in [3.63, 3.8) is 0 Å². The molecule has 1 unspecified atom stereocenters. The van der Waals surface area contributed by atoms with Gasteiger partial charge in [0.1, 0.15) is 4.99 Å². The minimum Gasteiger partial charge on any atom is -0.389 e. The third kappa shape index (κ3) is 4.02. The molecule has 1 heterocycles. The van der Waals surface area contributed by atoms with Crippen LogP contribution < -0.4 is 5.73 Å². The molecular formula is C15H20N2O2S. The summed E-state index contributed by atoms with van der Waals surface area (Å²) < 4.78 is 5.49. The van der Waals surface area contributed by atoms with Crippen LogP contribution in [0.2, 0.25) is 0 Å². The topological polar surface area (TPSA) is 55.6 Å². The van der Waals surface area contributed by atoms with E-state index in [-0.39, 0.29) is 12.0 Å². The van der Waals surface area contributed by atoms with Crippen molar-refractivity contribution >= 4 is 23.1 Å². The zero-order valence-electron chi connectivity index (χ0n) is 11.7. The van der Waals surface area contributed by atoms with E-state index in [0.717, 1.165) is 30.6 Å². The molecular weight excluding hydrogens is 272 g/mol. The van der Waals surface area contributed by atoms with Crippen LogP contribution >= 0.6 is 12.2 Å². The zero-order valence-corrected chi connectivity index (χ0v) is 12.5. The van der Waals surface area contributed by atoms with Crippen LogP contribution in [-0.2, 0) is 16.1 Å². The highest BCUT2D eigenvalue weighted by Crippen LogP contribution is 2.17. The van der Waals surface area contributed by atoms with Gasteiger partial charge in [-0.1, -0.05) is 30.4 Å². The van der Waals surface area contributed by atoms with E-state index in [4.69, 9.17) is 22.7 Å². The molecule has 1 fully saturated rings. The number of nitrogens with zero attached hydrogens (tertiary/aromatic N) is 1. The predicted octanol–water partition coefficient (Wildman–Crippen LogP) is 1.85. The molecule has 2 N–H and O–H groups in total. The lowest BCUT2D eigenvalue weighted by Gasteiger charge is -2.19. The first kappa shape index (κ1) is 14.9. The highest BCUT2D eigenvalue weighted by Gasteiger charge is 2.21. The molecule has 0 aromatic heterocycles. The fraction of sp³-hybridized carbons (Fsp3) is 0.467. The van der Waals surface area contributed by atoms with Gasteiger partial charge in [0.25, 0.3) is 0 Å². The van der Waals surface area contributed by atoms with E-state index >= 15 is 0 Å². The Labute approximate surface area is 124 Å². The second-order valence-electron chi connectivity index (χ2n) is 5.15. The molecule has 1 atom stereocenters. The highest BCUT2D eigenvalue weighted by molar-refractivity contribution is 7.80. The van der Waals surface area contributed by atoms with Gasteiger partial charge in [0.2, 0.25) is 5.91 Å². The predicted molar refractivity (Wildman–Crippen MR) is 82.4 cm³/mol. The molecule has 0 aliphatic carbocycles. The number of nitrogens with two attached hydrogens (primary N) is 1. The maximum absolute atomic E-state index is 12.1. The zero-order chi connectivity index (χ0) is 14.5. The van der Waals surface area contributed by atoms with Crippen molar-refractivity contribution in [2.75, 3.05) is 13.7 Å². The van der Waals surface area contributed by atoms with Crippen LogP contribution in [0.3, 0.4) is 0 Å². The Kier molecular flexibility index (Phi) is 5.09. The fourth-order valence-corrected chi connectivity index (χ4v) is 2.47. The number of thiocarbonyl (C=S) groups is 1. The van der Waals surface area contributed by atoms with Crippen molar-refractivity contribution in [3.05, 3.63) is 35.4 Å². The molecule has 0 spiro atoms. The summed E-state index contributed by atoms with van der Waals surface area (Å²) >= 11 is 4.96. The van der Waals surface area contributed by atoms with Crippen molar-refractivity contribution in [2.45, 2.75) is 31.9 Å². The number of rotatable bonds is 5. The smallest absolute Gasteiger partial charge is 0.225 e. The Morgan fingerprint density at radius 1 is 1.55 bits per heavy atom. The number of amides is 1. The Balaban J connectivity index is 1.92. The molecule has 2 rings (SSSR count). The molecule has 5 heteroatoms. The Morgan fingerprint density at radius 3 is 3.00 bits per heavy atom. The second kappa shape index (κ2) is 6.81. The summed E-state index contributed by atoms with van der Waals surface area (Å²) in [7, 11) is 1.81. The van der Waals surface area contributed by atoms with Crippen LogP contribution in [0.5, 0.6) is 0 Å². The van der Waals surface area contributed by atoms with E-state index in [1.54, 1.807) is 4.90 Å². The summed E-state index contributed by atoms with van der Waals surface area (Å²) in [5, 5.41) is 0. The van der Waals surface area contributed by atoms with Gasteiger partial charge in [-0.2, -0.15) is 0 Å². The van der Waals surface area contributed by atoms with E-state index < -0.39 is 0 Å². The maximum Gasteiger partial charge on any atom is 0.225 e. The third-order valence-corrected chi connectivity index (χ3v) is 3.72. The number of hydrogen-bond acceptors (Lipinski definition) is 3. The normalized spacial score (nSPS) is 17.9. The van der Waals surface area contributed by atoms with Crippen LogP contribution in [0, 0.1) is 0 Å². The average molecular weight is 292 g/mol. The molecule has 4 nitrogen and oxygen atoms in total. The molecule has 1 aromatic rings. The van der Waals surface area contributed by atoms with Gasteiger partial charge in [-0.05, 0) is 24.5 Å². The molecule has 108 valence electrons. The molecule has 1 aromatic carbocycles. The highest BCUT2D eigenvalue weighted by atomic mass is 32.1.